The predicted molar refractivity (Wildman–Crippen MR) is 92.0 cm³/mol. The molecule has 0 radical (unpaired) electrons. The van der Waals surface area contributed by atoms with Crippen LogP contribution in [0.5, 0.6) is 5.75 Å². The molecule has 1 aromatic heterocycles. The van der Waals surface area contributed by atoms with Gasteiger partial charge in [0.25, 0.3) is 0 Å². The van der Waals surface area contributed by atoms with Gasteiger partial charge in [0.1, 0.15) is 24.3 Å². The van der Waals surface area contributed by atoms with Crippen molar-refractivity contribution in [2.45, 2.75) is 20.0 Å². The molecule has 1 heterocycles. The zero-order chi connectivity index (χ0) is 15.9. The number of nitrogens with zero attached hydrogens (tertiary/aromatic N) is 1. The van der Waals surface area contributed by atoms with Crippen LogP contribution in [0.25, 0.3) is 12.2 Å². The van der Waals surface area contributed by atoms with E-state index >= 15 is 0 Å². The van der Waals surface area contributed by atoms with E-state index in [0.717, 1.165) is 23.4 Å². The fourth-order valence-corrected chi connectivity index (χ4v) is 2.21. The monoisotopic (exact) mass is 305 g/mol. The van der Waals surface area contributed by atoms with Crippen LogP contribution >= 0.6 is 0 Å². The average Bonchev–Trinajstić information content (AvgIpc) is 3.07. The molecular weight excluding hydrogens is 286 g/mol. The van der Waals surface area contributed by atoms with Crippen molar-refractivity contribution in [3.8, 4) is 5.75 Å². The molecule has 0 saturated heterocycles. The van der Waals surface area contributed by atoms with Crippen LogP contribution in [-0.2, 0) is 13.0 Å². The number of hydrogen-bond acceptors (Lipinski definition) is 3. The summed E-state index contributed by atoms with van der Waals surface area (Å²) >= 11 is 0. The molecule has 0 aliphatic heterocycles. The largest absolute Gasteiger partial charge is 0.487 e. The molecule has 116 valence electrons. The minimum Gasteiger partial charge on any atom is -0.487 e. The number of aryl methyl sites for hydroxylation is 1. The van der Waals surface area contributed by atoms with E-state index in [2.05, 4.69) is 24.0 Å². The predicted octanol–water partition coefficient (Wildman–Crippen LogP) is 4.99. The first kappa shape index (κ1) is 15.1. The number of aromatic nitrogens is 1. The molecule has 23 heavy (non-hydrogen) atoms. The topological polar surface area (TPSA) is 35.3 Å². The SMILES string of the molecule is CCc1cccc(OCc2coc(/C=C/c3ccccc3)n2)c1. The van der Waals surface area contributed by atoms with Crippen LogP contribution in [0.4, 0.5) is 0 Å². The van der Waals surface area contributed by atoms with Gasteiger partial charge in [-0.3, -0.25) is 0 Å². The molecule has 3 nitrogen and oxygen atoms in total. The van der Waals surface area contributed by atoms with Gasteiger partial charge < -0.3 is 9.15 Å². The third-order valence-corrected chi connectivity index (χ3v) is 3.48. The summed E-state index contributed by atoms with van der Waals surface area (Å²) in [6.07, 6.45) is 6.46. The average molecular weight is 305 g/mol. The van der Waals surface area contributed by atoms with Crippen molar-refractivity contribution in [2.24, 2.45) is 0 Å². The highest BCUT2D eigenvalue weighted by atomic mass is 16.5. The Hall–Kier alpha value is -2.81. The molecule has 0 N–H and O–H groups in total. The number of oxazole rings is 1. The molecule has 0 saturated carbocycles. The van der Waals surface area contributed by atoms with Crippen molar-refractivity contribution in [2.75, 3.05) is 0 Å². The molecule has 0 bridgehead atoms. The van der Waals surface area contributed by atoms with E-state index in [9.17, 15) is 0 Å². The normalized spacial score (nSPS) is 11.0. The Morgan fingerprint density at radius 2 is 1.91 bits per heavy atom. The molecule has 0 atom stereocenters. The first-order valence-electron chi connectivity index (χ1n) is 7.73. The lowest BCUT2D eigenvalue weighted by Gasteiger charge is -2.05. The molecule has 0 unspecified atom stereocenters. The maximum Gasteiger partial charge on any atom is 0.218 e. The molecule has 0 fully saturated rings. The van der Waals surface area contributed by atoms with Gasteiger partial charge in [-0.1, -0.05) is 49.4 Å². The van der Waals surface area contributed by atoms with Crippen molar-refractivity contribution < 1.29 is 9.15 Å². The number of rotatable bonds is 6. The minimum absolute atomic E-state index is 0.399. The summed E-state index contributed by atoms with van der Waals surface area (Å²) in [5.41, 5.74) is 3.15. The summed E-state index contributed by atoms with van der Waals surface area (Å²) in [5.74, 6) is 1.43. The van der Waals surface area contributed by atoms with Crippen LogP contribution in [0.2, 0.25) is 0 Å². The minimum atomic E-state index is 0.399. The van der Waals surface area contributed by atoms with Crippen LogP contribution in [0.3, 0.4) is 0 Å². The van der Waals surface area contributed by atoms with Gasteiger partial charge in [0, 0.05) is 6.08 Å². The van der Waals surface area contributed by atoms with Gasteiger partial charge in [-0.15, -0.1) is 0 Å². The van der Waals surface area contributed by atoms with E-state index in [1.54, 1.807) is 6.26 Å². The van der Waals surface area contributed by atoms with Crippen molar-refractivity contribution >= 4 is 12.2 Å². The Bertz CT molecular complexity index is 775. The standard InChI is InChI=1S/C20H19NO2/c1-2-16-9-6-10-19(13-16)22-14-18-15-23-20(21-18)12-11-17-7-4-3-5-8-17/h3-13,15H,2,14H2,1H3/b12-11+. The fourth-order valence-electron chi connectivity index (χ4n) is 2.21. The number of benzene rings is 2. The van der Waals surface area contributed by atoms with E-state index < -0.39 is 0 Å². The van der Waals surface area contributed by atoms with Gasteiger partial charge in [-0.25, -0.2) is 4.98 Å². The Kier molecular flexibility index (Phi) is 4.89. The van der Waals surface area contributed by atoms with Gasteiger partial charge in [0.05, 0.1) is 0 Å². The summed E-state index contributed by atoms with van der Waals surface area (Å²) in [6, 6.07) is 18.2. The van der Waals surface area contributed by atoms with E-state index in [1.807, 2.05) is 54.6 Å². The van der Waals surface area contributed by atoms with Crippen LogP contribution < -0.4 is 4.74 Å². The highest BCUT2D eigenvalue weighted by Gasteiger charge is 2.03. The first-order chi connectivity index (χ1) is 11.3. The van der Waals surface area contributed by atoms with E-state index in [1.165, 1.54) is 5.56 Å². The second kappa shape index (κ2) is 7.45. The summed E-state index contributed by atoms with van der Waals surface area (Å²) in [4.78, 5) is 4.40. The van der Waals surface area contributed by atoms with Gasteiger partial charge in [-0.2, -0.15) is 0 Å². The Morgan fingerprint density at radius 3 is 2.74 bits per heavy atom. The van der Waals surface area contributed by atoms with E-state index in [4.69, 9.17) is 9.15 Å². The molecule has 3 heteroatoms. The summed E-state index contributed by atoms with van der Waals surface area (Å²) in [6.45, 7) is 2.53. The maximum absolute atomic E-state index is 5.76. The highest BCUT2D eigenvalue weighted by Crippen LogP contribution is 2.16. The number of ether oxygens (including phenoxy) is 1. The molecule has 2 aromatic carbocycles. The van der Waals surface area contributed by atoms with Crippen molar-refractivity contribution in [1.29, 1.82) is 0 Å². The van der Waals surface area contributed by atoms with E-state index in [-0.39, 0.29) is 0 Å². The smallest absolute Gasteiger partial charge is 0.218 e. The van der Waals surface area contributed by atoms with Crippen LogP contribution in [0, 0.1) is 0 Å². The molecule has 0 spiro atoms. The Labute approximate surface area is 136 Å². The van der Waals surface area contributed by atoms with Crippen molar-refractivity contribution in [3.05, 3.63) is 83.6 Å². The first-order valence-corrected chi connectivity index (χ1v) is 7.73. The quantitative estimate of drug-likeness (QED) is 0.644. The maximum atomic E-state index is 5.76. The molecule has 0 aliphatic rings. The second-order valence-corrected chi connectivity index (χ2v) is 5.21. The lowest BCUT2D eigenvalue weighted by Crippen LogP contribution is -1.96. The molecule has 3 rings (SSSR count). The lowest BCUT2D eigenvalue weighted by molar-refractivity contribution is 0.300. The Balaban J connectivity index is 1.60. The van der Waals surface area contributed by atoms with Crippen LogP contribution in [0.1, 0.15) is 29.6 Å². The summed E-state index contributed by atoms with van der Waals surface area (Å²) in [7, 11) is 0. The summed E-state index contributed by atoms with van der Waals surface area (Å²) < 4.78 is 11.2. The van der Waals surface area contributed by atoms with Gasteiger partial charge in [0.2, 0.25) is 5.89 Å². The highest BCUT2D eigenvalue weighted by molar-refractivity contribution is 5.65. The zero-order valence-electron chi connectivity index (χ0n) is 13.1. The van der Waals surface area contributed by atoms with Crippen LogP contribution in [0.15, 0.2) is 65.3 Å². The molecular formula is C20H19NO2. The van der Waals surface area contributed by atoms with E-state index in [0.29, 0.717) is 12.5 Å². The molecule has 0 aliphatic carbocycles. The van der Waals surface area contributed by atoms with Crippen LogP contribution in [-0.4, -0.2) is 4.98 Å². The zero-order valence-corrected chi connectivity index (χ0v) is 13.1. The summed E-state index contributed by atoms with van der Waals surface area (Å²) in [5, 5.41) is 0. The molecule has 0 amide bonds. The van der Waals surface area contributed by atoms with Crippen molar-refractivity contribution in [3.63, 3.8) is 0 Å². The second-order valence-electron chi connectivity index (χ2n) is 5.21. The third kappa shape index (κ3) is 4.33. The van der Waals surface area contributed by atoms with Gasteiger partial charge >= 0.3 is 0 Å². The lowest BCUT2D eigenvalue weighted by atomic mass is 10.2. The van der Waals surface area contributed by atoms with Gasteiger partial charge in [-0.05, 0) is 35.8 Å². The van der Waals surface area contributed by atoms with Crippen molar-refractivity contribution in [1.82, 2.24) is 4.98 Å². The third-order valence-electron chi connectivity index (χ3n) is 3.48. The number of hydrogen-bond donors (Lipinski definition) is 0. The molecule has 3 aromatic rings. The Morgan fingerprint density at radius 1 is 1.04 bits per heavy atom. The fraction of sp³-hybridized carbons (Fsp3) is 0.150. The van der Waals surface area contributed by atoms with Gasteiger partial charge in [0.15, 0.2) is 0 Å².